The topological polar surface area (TPSA) is 80.8 Å². The molecule has 32 heavy (non-hydrogen) atoms. The summed E-state index contributed by atoms with van der Waals surface area (Å²) in [5, 5.41) is 3.54. The van der Waals surface area contributed by atoms with Crippen LogP contribution in [0.4, 0.5) is 5.69 Å². The molecular weight excluding hydrogens is 430 g/mol. The second-order valence-electron chi connectivity index (χ2n) is 6.97. The fraction of sp³-hybridized carbons (Fsp3) is 0.125. The van der Waals surface area contributed by atoms with Crippen LogP contribution in [0.5, 0.6) is 11.5 Å². The molecule has 3 aromatic rings. The zero-order chi connectivity index (χ0) is 22.7. The predicted octanol–water partition coefficient (Wildman–Crippen LogP) is 4.14. The molecule has 1 N–H and O–H groups in total. The van der Waals surface area contributed by atoms with E-state index in [1.165, 1.54) is 19.1 Å². The highest BCUT2D eigenvalue weighted by Crippen LogP contribution is 2.37. The molecule has 0 fully saturated rings. The molecule has 0 aliphatic carbocycles. The normalized spacial score (nSPS) is 13.5. The lowest BCUT2D eigenvalue weighted by Gasteiger charge is -2.16. The first kappa shape index (κ1) is 21.4. The molecule has 4 rings (SSSR count). The number of rotatable bonds is 7. The molecule has 0 atom stereocenters. The Hall–Kier alpha value is -3.84. The number of nitrogens with one attached hydrogen (secondary N) is 1. The number of hydrogen-bond donors (Lipinski definition) is 1. The Bertz CT molecular complexity index is 1210. The second-order valence-corrected chi connectivity index (χ2v) is 7.41. The van der Waals surface area contributed by atoms with Crippen molar-refractivity contribution in [2.75, 3.05) is 19.5 Å². The Kier molecular flexibility index (Phi) is 6.09. The Morgan fingerprint density at radius 1 is 0.938 bits per heavy atom. The predicted molar refractivity (Wildman–Crippen MR) is 121 cm³/mol. The number of halogens is 1. The third-order valence-corrected chi connectivity index (χ3v) is 5.29. The van der Waals surface area contributed by atoms with Gasteiger partial charge in [0.25, 0.3) is 11.8 Å². The lowest BCUT2D eigenvalue weighted by Crippen LogP contribution is -2.32. The van der Waals surface area contributed by atoms with Gasteiger partial charge in [-0.05, 0) is 42.0 Å². The van der Waals surface area contributed by atoms with Crippen molar-refractivity contribution in [3.05, 3.63) is 88.8 Å². The van der Waals surface area contributed by atoms with Gasteiger partial charge >= 0.3 is 0 Å². The maximum atomic E-state index is 13.5. The van der Waals surface area contributed by atoms with Gasteiger partial charge in [-0.2, -0.15) is 0 Å². The van der Waals surface area contributed by atoms with Crippen LogP contribution in [-0.4, -0.2) is 35.9 Å². The third-order valence-electron chi connectivity index (χ3n) is 5.06. The van der Waals surface area contributed by atoms with Crippen molar-refractivity contribution < 1.29 is 19.1 Å². The van der Waals surface area contributed by atoms with Gasteiger partial charge in [0.1, 0.15) is 17.2 Å². The van der Waals surface area contributed by atoms with Crippen molar-refractivity contribution in [1.29, 1.82) is 0 Å². The van der Waals surface area contributed by atoms with Gasteiger partial charge in [-0.3, -0.25) is 19.5 Å². The van der Waals surface area contributed by atoms with Crippen molar-refractivity contribution >= 4 is 34.7 Å². The van der Waals surface area contributed by atoms with Crippen molar-refractivity contribution in [3.8, 4) is 11.5 Å². The highest BCUT2D eigenvalue weighted by atomic mass is 35.5. The van der Waals surface area contributed by atoms with Crippen molar-refractivity contribution in [2.24, 2.45) is 0 Å². The number of amides is 2. The Labute approximate surface area is 190 Å². The number of anilines is 1. The summed E-state index contributed by atoms with van der Waals surface area (Å²) in [5.74, 6) is 0.0652. The molecule has 1 aromatic heterocycles. The molecule has 0 bridgehead atoms. The molecule has 2 aromatic carbocycles. The van der Waals surface area contributed by atoms with E-state index in [0.29, 0.717) is 27.8 Å². The zero-order valence-electron chi connectivity index (χ0n) is 17.5. The van der Waals surface area contributed by atoms with Gasteiger partial charge in [-0.15, -0.1) is 0 Å². The van der Waals surface area contributed by atoms with E-state index in [2.05, 4.69) is 10.3 Å². The maximum Gasteiger partial charge on any atom is 0.278 e. The summed E-state index contributed by atoms with van der Waals surface area (Å²) in [6.07, 6.45) is 3.23. The summed E-state index contributed by atoms with van der Waals surface area (Å²) in [6.45, 7) is 0.108. The SMILES string of the molecule is COc1ccc(Cl)cc1NC1=C(c2ccccc2OC)C(=O)N(Cc2ccncc2)C1=O. The monoisotopic (exact) mass is 449 g/mol. The van der Waals surface area contributed by atoms with E-state index in [-0.39, 0.29) is 17.8 Å². The molecule has 162 valence electrons. The van der Waals surface area contributed by atoms with Crippen LogP contribution in [0.2, 0.25) is 5.02 Å². The van der Waals surface area contributed by atoms with Gasteiger partial charge < -0.3 is 14.8 Å². The number of carbonyl (C=O) groups excluding carboxylic acids is 2. The van der Waals surface area contributed by atoms with E-state index in [1.54, 1.807) is 67.0 Å². The van der Waals surface area contributed by atoms with Crippen molar-refractivity contribution in [2.45, 2.75) is 6.54 Å². The van der Waals surface area contributed by atoms with Crippen LogP contribution < -0.4 is 14.8 Å². The Morgan fingerprint density at radius 3 is 2.38 bits per heavy atom. The summed E-state index contributed by atoms with van der Waals surface area (Å²) < 4.78 is 10.9. The smallest absolute Gasteiger partial charge is 0.278 e. The molecule has 7 nitrogen and oxygen atoms in total. The fourth-order valence-electron chi connectivity index (χ4n) is 3.52. The minimum absolute atomic E-state index is 0.108. The molecule has 2 heterocycles. The molecule has 0 saturated carbocycles. The summed E-state index contributed by atoms with van der Waals surface area (Å²) >= 11 is 6.16. The van der Waals surface area contributed by atoms with Crippen LogP contribution in [0.3, 0.4) is 0 Å². The van der Waals surface area contributed by atoms with E-state index in [9.17, 15) is 9.59 Å². The quantitative estimate of drug-likeness (QED) is 0.546. The van der Waals surface area contributed by atoms with E-state index < -0.39 is 11.8 Å². The second kappa shape index (κ2) is 9.11. The molecule has 0 radical (unpaired) electrons. The Morgan fingerprint density at radius 2 is 1.66 bits per heavy atom. The summed E-state index contributed by atoms with van der Waals surface area (Å²) in [4.78, 5) is 32.1. The van der Waals surface area contributed by atoms with Crippen LogP contribution in [0.1, 0.15) is 11.1 Å². The number of aromatic nitrogens is 1. The highest BCUT2D eigenvalue weighted by Gasteiger charge is 2.40. The summed E-state index contributed by atoms with van der Waals surface area (Å²) in [7, 11) is 3.03. The van der Waals surface area contributed by atoms with Gasteiger partial charge in [-0.1, -0.05) is 29.8 Å². The number of nitrogens with zero attached hydrogens (tertiary/aromatic N) is 2. The van der Waals surface area contributed by atoms with Gasteiger partial charge in [0.2, 0.25) is 0 Å². The first-order valence-electron chi connectivity index (χ1n) is 9.76. The molecule has 8 heteroatoms. The van der Waals surface area contributed by atoms with Crippen LogP contribution in [0, 0.1) is 0 Å². The summed E-state index contributed by atoms with van der Waals surface area (Å²) in [6, 6.07) is 15.6. The number of benzene rings is 2. The molecular formula is C24H20ClN3O4. The van der Waals surface area contributed by atoms with E-state index in [1.807, 2.05) is 0 Å². The molecule has 2 amide bonds. The molecule has 0 saturated heterocycles. The number of methoxy groups -OCH3 is 2. The maximum absolute atomic E-state index is 13.5. The van der Waals surface area contributed by atoms with Crippen LogP contribution >= 0.6 is 11.6 Å². The van der Waals surface area contributed by atoms with Crippen molar-refractivity contribution in [3.63, 3.8) is 0 Å². The standard InChI is InChI=1S/C24H20ClN3O4/c1-31-19-6-4-3-5-17(19)21-22(27-18-13-16(25)7-8-20(18)32-2)24(30)28(23(21)29)14-15-9-11-26-12-10-15/h3-13,27H,14H2,1-2H3. The lowest BCUT2D eigenvalue weighted by atomic mass is 10.0. The van der Waals surface area contributed by atoms with Crippen LogP contribution in [0.25, 0.3) is 5.57 Å². The summed E-state index contributed by atoms with van der Waals surface area (Å²) in [5.41, 5.74) is 2.09. The van der Waals surface area contributed by atoms with Gasteiger partial charge in [0.15, 0.2) is 0 Å². The van der Waals surface area contributed by atoms with Crippen LogP contribution in [-0.2, 0) is 16.1 Å². The molecule has 1 aliphatic rings. The largest absolute Gasteiger partial charge is 0.496 e. The van der Waals surface area contributed by atoms with Gasteiger partial charge in [-0.25, -0.2) is 0 Å². The van der Waals surface area contributed by atoms with E-state index >= 15 is 0 Å². The first-order chi connectivity index (χ1) is 15.5. The minimum Gasteiger partial charge on any atom is -0.496 e. The average Bonchev–Trinajstić information content (AvgIpc) is 3.04. The highest BCUT2D eigenvalue weighted by molar-refractivity contribution is 6.37. The number of pyridine rings is 1. The lowest BCUT2D eigenvalue weighted by molar-refractivity contribution is -0.137. The van der Waals surface area contributed by atoms with Gasteiger partial charge in [0, 0.05) is 23.0 Å². The van der Waals surface area contributed by atoms with E-state index in [0.717, 1.165) is 5.56 Å². The fourth-order valence-corrected chi connectivity index (χ4v) is 3.69. The number of para-hydroxylation sites is 1. The number of hydrogen-bond acceptors (Lipinski definition) is 6. The van der Waals surface area contributed by atoms with Crippen LogP contribution in [0.15, 0.2) is 72.7 Å². The zero-order valence-corrected chi connectivity index (χ0v) is 18.2. The average molecular weight is 450 g/mol. The number of ether oxygens (including phenoxy) is 2. The number of carbonyl (C=O) groups is 2. The van der Waals surface area contributed by atoms with Crippen molar-refractivity contribution in [1.82, 2.24) is 9.88 Å². The first-order valence-corrected chi connectivity index (χ1v) is 10.1. The number of imide groups is 1. The minimum atomic E-state index is -0.463. The third kappa shape index (κ3) is 4.02. The molecule has 0 unspecified atom stereocenters. The molecule has 0 spiro atoms. The van der Waals surface area contributed by atoms with Gasteiger partial charge in [0.05, 0.1) is 32.0 Å². The van der Waals surface area contributed by atoms with E-state index in [4.69, 9.17) is 21.1 Å². The Balaban J connectivity index is 1.82. The molecule has 1 aliphatic heterocycles.